The molecule has 0 saturated carbocycles. The van der Waals surface area contributed by atoms with E-state index >= 15 is 0 Å². The first-order valence-corrected chi connectivity index (χ1v) is 8.71. The highest BCUT2D eigenvalue weighted by atomic mass is 16.5. The number of aliphatic hydroxyl groups excluding tert-OH is 1. The minimum atomic E-state index is -0.446. The van der Waals surface area contributed by atoms with Gasteiger partial charge in [0, 0.05) is 17.6 Å². The molecule has 0 aromatic heterocycles. The summed E-state index contributed by atoms with van der Waals surface area (Å²) in [6.45, 7) is 9.39. The van der Waals surface area contributed by atoms with Crippen LogP contribution in [0.1, 0.15) is 70.0 Å². The van der Waals surface area contributed by atoms with Crippen LogP contribution < -0.4 is 4.74 Å². The number of piperidine rings is 1. The lowest BCUT2D eigenvalue weighted by Gasteiger charge is -2.48. The fourth-order valence-electron chi connectivity index (χ4n) is 4.24. The molecule has 4 atom stereocenters. The summed E-state index contributed by atoms with van der Waals surface area (Å²) in [5, 5.41) is 10.7. The molecule has 3 nitrogen and oxygen atoms in total. The van der Waals surface area contributed by atoms with E-state index in [1.165, 1.54) is 30.4 Å². The second kappa shape index (κ2) is 6.21. The molecule has 2 heterocycles. The Balaban J connectivity index is 2.04. The van der Waals surface area contributed by atoms with Gasteiger partial charge in [-0.2, -0.15) is 0 Å². The minimum Gasteiger partial charge on any atom is -0.490 e. The maximum Gasteiger partial charge on any atom is 0.127 e. The van der Waals surface area contributed by atoms with Gasteiger partial charge in [-0.3, -0.25) is 4.90 Å². The number of likely N-dealkylation sites (tertiary alicyclic amines) is 1. The second-order valence-electron chi connectivity index (χ2n) is 7.32. The Morgan fingerprint density at radius 3 is 2.50 bits per heavy atom. The van der Waals surface area contributed by atoms with Crippen LogP contribution >= 0.6 is 0 Å². The predicted octanol–water partition coefficient (Wildman–Crippen LogP) is 3.87. The Labute approximate surface area is 134 Å². The highest BCUT2D eigenvalue weighted by Crippen LogP contribution is 2.43. The molecule has 2 aliphatic heterocycles. The van der Waals surface area contributed by atoms with Crippen molar-refractivity contribution in [2.45, 2.75) is 77.1 Å². The number of aliphatic hydroxyl groups is 1. The lowest BCUT2D eigenvalue weighted by molar-refractivity contribution is -0.0458. The molecule has 0 radical (unpaired) electrons. The molecule has 122 valence electrons. The summed E-state index contributed by atoms with van der Waals surface area (Å²) in [5.74, 6) is 1.44. The number of rotatable bonds is 2. The Bertz CT molecular complexity index is 518. The standard InChI is InChI=1S/C19H29NO2/c1-12(2)15-9-6-10-16-18(17(21)11-22-19(15)16)20-13(3)7-5-8-14(20)4/h6,9-10,12-14,17-18,21H,5,7-8,11H2,1-4H3. The topological polar surface area (TPSA) is 32.7 Å². The molecule has 1 saturated heterocycles. The Hall–Kier alpha value is -1.06. The first-order valence-electron chi connectivity index (χ1n) is 8.71. The average molecular weight is 303 g/mol. The predicted molar refractivity (Wildman–Crippen MR) is 89.4 cm³/mol. The third-order valence-electron chi connectivity index (χ3n) is 5.36. The highest BCUT2D eigenvalue weighted by Gasteiger charge is 2.40. The fourth-order valence-corrected chi connectivity index (χ4v) is 4.24. The van der Waals surface area contributed by atoms with E-state index in [0.717, 1.165) is 5.75 Å². The van der Waals surface area contributed by atoms with Crippen LogP contribution in [0, 0.1) is 0 Å². The van der Waals surface area contributed by atoms with Crippen LogP contribution in [0.2, 0.25) is 0 Å². The van der Waals surface area contributed by atoms with E-state index < -0.39 is 6.10 Å². The van der Waals surface area contributed by atoms with E-state index in [1.807, 2.05) is 0 Å². The number of para-hydroxylation sites is 1. The van der Waals surface area contributed by atoms with Gasteiger partial charge in [-0.05, 0) is 38.2 Å². The van der Waals surface area contributed by atoms with Crippen molar-refractivity contribution in [1.29, 1.82) is 0 Å². The van der Waals surface area contributed by atoms with Gasteiger partial charge in [0.2, 0.25) is 0 Å². The average Bonchev–Trinajstić information content (AvgIpc) is 2.48. The molecule has 0 amide bonds. The quantitative estimate of drug-likeness (QED) is 0.900. The summed E-state index contributed by atoms with van der Waals surface area (Å²) in [4.78, 5) is 2.53. The van der Waals surface area contributed by atoms with Gasteiger partial charge in [-0.25, -0.2) is 0 Å². The SMILES string of the molecule is CC(C)c1cccc2c1OCC(O)C2N1C(C)CCCC1C. The van der Waals surface area contributed by atoms with Crippen LogP contribution in [0.15, 0.2) is 18.2 Å². The molecule has 2 aliphatic rings. The Kier molecular flexibility index (Phi) is 4.47. The molecule has 1 N–H and O–H groups in total. The molecule has 1 aromatic rings. The van der Waals surface area contributed by atoms with Gasteiger partial charge in [-0.15, -0.1) is 0 Å². The molecular formula is C19H29NO2. The normalized spacial score (nSPS) is 32.6. The van der Waals surface area contributed by atoms with Crippen LogP contribution in [0.5, 0.6) is 5.75 Å². The van der Waals surface area contributed by atoms with Crippen molar-refractivity contribution in [1.82, 2.24) is 4.90 Å². The first kappa shape index (κ1) is 15.8. The van der Waals surface area contributed by atoms with Gasteiger partial charge >= 0.3 is 0 Å². The molecule has 22 heavy (non-hydrogen) atoms. The summed E-state index contributed by atoms with van der Waals surface area (Å²) in [6, 6.07) is 7.49. The third kappa shape index (κ3) is 2.65. The van der Waals surface area contributed by atoms with Gasteiger partial charge in [0.05, 0.1) is 6.04 Å². The molecule has 0 bridgehead atoms. The Morgan fingerprint density at radius 2 is 1.86 bits per heavy atom. The summed E-state index contributed by atoms with van der Waals surface area (Å²) in [6.07, 6.45) is 3.27. The van der Waals surface area contributed by atoms with Gasteiger partial charge in [-0.1, -0.05) is 38.5 Å². The van der Waals surface area contributed by atoms with Crippen molar-refractivity contribution < 1.29 is 9.84 Å². The summed E-state index contributed by atoms with van der Waals surface area (Å²) in [7, 11) is 0. The highest BCUT2D eigenvalue weighted by molar-refractivity contribution is 5.47. The largest absolute Gasteiger partial charge is 0.490 e. The van der Waals surface area contributed by atoms with Gasteiger partial charge in [0.15, 0.2) is 0 Å². The smallest absolute Gasteiger partial charge is 0.127 e. The van der Waals surface area contributed by atoms with Crippen LogP contribution in [-0.2, 0) is 0 Å². The van der Waals surface area contributed by atoms with E-state index in [0.29, 0.717) is 24.6 Å². The van der Waals surface area contributed by atoms with Crippen LogP contribution in [0.4, 0.5) is 0 Å². The first-order chi connectivity index (χ1) is 10.5. The summed E-state index contributed by atoms with van der Waals surface area (Å²) >= 11 is 0. The minimum absolute atomic E-state index is 0.0627. The molecule has 3 heteroatoms. The Morgan fingerprint density at radius 1 is 1.18 bits per heavy atom. The zero-order valence-corrected chi connectivity index (χ0v) is 14.2. The lowest BCUT2D eigenvalue weighted by atomic mass is 9.86. The fraction of sp³-hybridized carbons (Fsp3) is 0.684. The van der Waals surface area contributed by atoms with Crippen molar-refractivity contribution in [3.63, 3.8) is 0 Å². The monoisotopic (exact) mass is 303 g/mol. The number of benzene rings is 1. The lowest BCUT2D eigenvalue weighted by Crippen LogP contribution is -2.51. The maximum atomic E-state index is 10.7. The molecule has 0 spiro atoms. The zero-order valence-electron chi connectivity index (χ0n) is 14.2. The van der Waals surface area contributed by atoms with Crippen LogP contribution in [0.3, 0.4) is 0 Å². The molecule has 1 aromatic carbocycles. The number of ether oxygens (including phenoxy) is 1. The molecular weight excluding hydrogens is 274 g/mol. The van der Waals surface area contributed by atoms with E-state index in [-0.39, 0.29) is 6.04 Å². The number of nitrogens with zero attached hydrogens (tertiary/aromatic N) is 1. The number of fused-ring (bicyclic) bond motifs is 1. The summed E-state index contributed by atoms with van der Waals surface area (Å²) < 4.78 is 5.94. The molecule has 0 aliphatic carbocycles. The van der Waals surface area contributed by atoms with Crippen molar-refractivity contribution in [3.8, 4) is 5.75 Å². The third-order valence-corrected chi connectivity index (χ3v) is 5.36. The molecule has 3 rings (SSSR count). The van der Waals surface area contributed by atoms with Crippen molar-refractivity contribution in [2.24, 2.45) is 0 Å². The van der Waals surface area contributed by atoms with Crippen molar-refractivity contribution in [2.75, 3.05) is 6.61 Å². The van der Waals surface area contributed by atoms with Crippen LogP contribution in [0.25, 0.3) is 0 Å². The van der Waals surface area contributed by atoms with Gasteiger partial charge in [0.25, 0.3) is 0 Å². The maximum absolute atomic E-state index is 10.7. The number of hydrogen-bond donors (Lipinski definition) is 1. The van der Waals surface area contributed by atoms with Gasteiger partial charge in [0.1, 0.15) is 18.5 Å². The van der Waals surface area contributed by atoms with Crippen LogP contribution in [-0.4, -0.2) is 34.8 Å². The zero-order chi connectivity index (χ0) is 15.9. The summed E-state index contributed by atoms with van der Waals surface area (Å²) in [5.41, 5.74) is 2.43. The van der Waals surface area contributed by atoms with Crippen molar-refractivity contribution >= 4 is 0 Å². The molecule has 1 fully saturated rings. The number of hydrogen-bond acceptors (Lipinski definition) is 3. The van der Waals surface area contributed by atoms with E-state index in [2.05, 4.69) is 50.8 Å². The molecule has 4 unspecified atom stereocenters. The second-order valence-corrected chi connectivity index (χ2v) is 7.32. The van der Waals surface area contributed by atoms with E-state index in [9.17, 15) is 5.11 Å². The van der Waals surface area contributed by atoms with E-state index in [4.69, 9.17) is 4.74 Å². The van der Waals surface area contributed by atoms with Gasteiger partial charge < -0.3 is 9.84 Å². The van der Waals surface area contributed by atoms with Crippen molar-refractivity contribution in [3.05, 3.63) is 29.3 Å². The van der Waals surface area contributed by atoms with E-state index in [1.54, 1.807) is 0 Å².